The van der Waals surface area contributed by atoms with E-state index in [9.17, 15) is 0 Å². The predicted molar refractivity (Wildman–Crippen MR) is 77.9 cm³/mol. The van der Waals surface area contributed by atoms with Gasteiger partial charge in [0.25, 0.3) is 0 Å². The van der Waals surface area contributed by atoms with E-state index in [1.807, 2.05) is 24.1 Å². The summed E-state index contributed by atoms with van der Waals surface area (Å²) in [7, 11) is 1.93. The molecule has 0 aliphatic carbocycles. The Hall–Kier alpha value is -0.910. The molecule has 0 spiro atoms. The standard InChI is InChI=1S/C14H27N5/c1-14(2,3)19-7-5-18(6-8-19)11-13(15)12-9-16-17(4)10-12/h9-10,13H,5-8,11,15H2,1-4H3. The lowest BCUT2D eigenvalue weighted by Crippen LogP contribution is -2.54. The van der Waals surface area contributed by atoms with Crippen LogP contribution in [0.1, 0.15) is 32.4 Å². The fraction of sp³-hybridized carbons (Fsp3) is 0.786. The van der Waals surface area contributed by atoms with Crippen LogP contribution in [0.15, 0.2) is 12.4 Å². The predicted octanol–water partition coefficient (Wildman–Crippen LogP) is 0.836. The van der Waals surface area contributed by atoms with E-state index in [4.69, 9.17) is 5.73 Å². The van der Waals surface area contributed by atoms with Crippen LogP contribution in [-0.2, 0) is 7.05 Å². The summed E-state index contributed by atoms with van der Waals surface area (Å²) in [6, 6.07) is 0.0647. The molecule has 1 aromatic heterocycles. The first-order valence-electron chi connectivity index (χ1n) is 7.08. The normalized spacial score (nSPS) is 20.7. The Morgan fingerprint density at radius 3 is 2.37 bits per heavy atom. The van der Waals surface area contributed by atoms with Gasteiger partial charge < -0.3 is 5.73 Å². The van der Waals surface area contributed by atoms with Crippen molar-refractivity contribution in [2.24, 2.45) is 12.8 Å². The summed E-state index contributed by atoms with van der Waals surface area (Å²) < 4.78 is 1.81. The van der Waals surface area contributed by atoms with E-state index in [1.54, 1.807) is 0 Å². The van der Waals surface area contributed by atoms with Crippen molar-refractivity contribution in [1.29, 1.82) is 0 Å². The number of nitrogens with zero attached hydrogens (tertiary/aromatic N) is 4. The highest BCUT2D eigenvalue weighted by Gasteiger charge is 2.26. The maximum Gasteiger partial charge on any atom is 0.0537 e. The maximum absolute atomic E-state index is 6.25. The lowest BCUT2D eigenvalue weighted by Gasteiger charge is -2.42. The van der Waals surface area contributed by atoms with Crippen LogP contribution in [0.4, 0.5) is 0 Å². The monoisotopic (exact) mass is 265 g/mol. The van der Waals surface area contributed by atoms with E-state index >= 15 is 0 Å². The third-order valence-corrected chi connectivity index (χ3v) is 3.93. The van der Waals surface area contributed by atoms with Gasteiger partial charge in [-0.2, -0.15) is 5.10 Å². The summed E-state index contributed by atoms with van der Waals surface area (Å²) in [5.74, 6) is 0. The zero-order valence-electron chi connectivity index (χ0n) is 12.6. The first-order chi connectivity index (χ1) is 8.86. The summed E-state index contributed by atoms with van der Waals surface area (Å²) in [5, 5.41) is 4.19. The van der Waals surface area contributed by atoms with E-state index < -0.39 is 0 Å². The van der Waals surface area contributed by atoms with Gasteiger partial charge in [-0.25, -0.2) is 0 Å². The zero-order valence-corrected chi connectivity index (χ0v) is 12.6. The second-order valence-electron chi connectivity index (χ2n) is 6.51. The van der Waals surface area contributed by atoms with Crippen LogP contribution in [0.25, 0.3) is 0 Å². The van der Waals surface area contributed by atoms with Crippen LogP contribution >= 0.6 is 0 Å². The van der Waals surface area contributed by atoms with Crippen LogP contribution in [-0.4, -0.2) is 57.8 Å². The van der Waals surface area contributed by atoms with Crippen molar-refractivity contribution >= 4 is 0 Å². The van der Waals surface area contributed by atoms with Gasteiger partial charge in [0.2, 0.25) is 0 Å². The second kappa shape index (κ2) is 5.61. The molecule has 2 rings (SSSR count). The van der Waals surface area contributed by atoms with Crippen molar-refractivity contribution in [3.63, 3.8) is 0 Å². The Labute approximate surface area is 116 Å². The molecule has 5 nitrogen and oxygen atoms in total. The molecule has 1 aliphatic heterocycles. The Morgan fingerprint density at radius 1 is 1.26 bits per heavy atom. The molecular formula is C14H27N5. The molecule has 1 aromatic rings. The van der Waals surface area contributed by atoms with Crippen molar-refractivity contribution < 1.29 is 0 Å². The smallest absolute Gasteiger partial charge is 0.0537 e. The van der Waals surface area contributed by atoms with Gasteiger partial charge in [0.1, 0.15) is 0 Å². The van der Waals surface area contributed by atoms with E-state index in [2.05, 4.69) is 35.7 Å². The Bertz CT molecular complexity index is 398. The van der Waals surface area contributed by atoms with Crippen molar-refractivity contribution in [1.82, 2.24) is 19.6 Å². The molecule has 108 valence electrons. The molecule has 1 fully saturated rings. The lowest BCUT2D eigenvalue weighted by molar-refractivity contribution is 0.0598. The van der Waals surface area contributed by atoms with Gasteiger partial charge in [-0.05, 0) is 20.8 Å². The summed E-state index contributed by atoms with van der Waals surface area (Å²) in [5.41, 5.74) is 7.65. The molecular weight excluding hydrogens is 238 g/mol. The van der Waals surface area contributed by atoms with Gasteiger partial charge >= 0.3 is 0 Å². The largest absolute Gasteiger partial charge is 0.323 e. The highest BCUT2D eigenvalue weighted by atomic mass is 15.3. The van der Waals surface area contributed by atoms with Crippen molar-refractivity contribution in [2.75, 3.05) is 32.7 Å². The molecule has 0 amide bonds. The van der Waals surface area contributed by atoms with Gasteiger partial charge in [0.05, 0.1) is 6.20 Å². The van der Waals surface area contributed by atoms with E-state index in [1.165, 1.54) is 0 Å². The number of hydrogen-bond donors (Lipinski definition) is 1. The minimum absolute atomic E-state index is 0.0647. The van der Waals surface area contributed by atoms with Crippen molar-refractivity contribution in [3.8, 4) is 0 Å². The third kappa shape index (κ3) is 3.78. The summed E-state index contributed by atoms with van der Waals surface area (Å²) >= 11 is 0. The molecule has 5 heteroatoms. The highest BCUT2D eigenvalue weighted by Crippen LogP contribution is 2.17. The summed E-state index contributed by atoms with van der Waals surface area (Å²) in [6.07, 6.45) is 3.88. The van der Waals surface area contributed by atoms with E-state index in [0.717, 1.165) is 38.3 Å². The lowest BCUT2D eigenvalue weighted by atomic mass is 10.0. The molecule has 19 heavy (non-hydrogen) atoms. The molecule has 2 N–H and O–H groups in total. The van der Waals surface area contributed by atoms with Gasteiger partial charge in [0.15, 0.2) is 0 Å². The minimum atomic E-state index is 0.0647. The van der Waals surface area contributed by atoms with Crippen molar-refractivity contribution in [2.45, 2.75) is 32.4 Å². The van der Waals surface area contributed by atoms with Crippen LogP contribution in [0.3, 0.4) is 0 Å². The Kier molecular flexibility index (Phi) is 4.28. The zero-order chi connectivity index (χ0) is 14.0. The van der Waals surface area contributed by atoms with Gasteiger partial charge in [-0.15, -0.1) is 0 Å². The molecule has 1 unspecified atom stereocenters. The fourth-order valence-electron chi connectivity index (χ4n) is 2.62. The molecule has 1 atom stereocenters. The number of aryl methyl sites for hydroxylation is 1. The Morgan fingerprint density at radius 2 is 1.89 bits per heavy atom. The minimum Gasteiger partial charge on any atom is -0.323 e. The second-order valence-corrected chi connectivity index (χ2v) is 6.51. The topological polar surface area (TPSA) is 50.3 Å². The number of aromatic nitrogens is 2. The Balaban J connectivity index is 1.82. The quantitative estimate of drug-likeness (QED) is 0.880. The molecule has 1 aliphatic rings. The fourth-order valence-corrected chi connectivity index (χ4v) is 2.62. The number of nitrogens with two attached hydrogens (primary N) is 1. The first kappa shape index (κ1) is 14.5. The van der Waals surface area contributed by atoms with Crippen LogP contribution in [0.2, 0.25) is 0 Å². The van der Waals surface area contributed by atoms with Crippen molar-refractivity contribution in [3.05, 3.63) is 18.0 Å². The number of rotatable bonds is 3. The number of hydrogen-bond acceptors (Lipinski definition) is 4. The van der Waals surface area contributed by atoms with Gasteiger partial charge in [0, 0.05) is 63.1 Å². The van der Waals surface area contributed by atoms with Crippen LogP contribution in [0.5, 0.6) is 0 Å². The average Bonchev–Trinajstić information content (AvgIpc) is 2.75. The van der Waals surface area contributed by atoms with E-state index in [0.29, 0.717) is 0 Å². The summed E-state index contributed by atoms with van der Waals surface area (Å²) in [4.78, 5) is 5.00. The average molecular weight is 265 g/mol. The molecule has 2 heterocycles. The number of piperazine rings is 1. The van der Waals surface area contributed by atoms with E-state index in [-0.39, 0.29) is 11.6 Å². The SMILES string of the molecule is Cn1cc(C(N)CN2CCN(C(C)(C)C)CC2)cn1. The molecule has 0 radical (unpaired) electrons. The molecule has 1 saturated heterocycles. The van der Waals surface area contributed by atoms with Crippen LogP contribution < -0.4 is 5.73 Å². The highest BCUT2D eigenvalue weighted by molar-refractivity contribution is 5.10. The maximum atomic E-state index is 6.25. The molecule has 0 aromatic carbocycles. The molecule has 0 saturated carbocycles. The third-order valence-electron chi connectivity index (χ3n) is 3.93. The first-order valence-corrected chi connectivity index (χ1v) is 7.08. The molecule has 0 bridgehead atoms. The van der Waals surface area contributed by atoms with Gasteiger partial charge in [-0.3, -0.25) is 14.5 Å². The van der Waals surface area contributed by atoms with Crippen LogP contribution in [0, 0.1) is 0 Å². The summed E-state index contributed by atoms with van der Waals surface area (Å²) in [6.45, 7) is 12.2. The van der Waals surface area contributed by atoms with Gasteiger partial charge in [-0.1, -0.05) is 0 Å².